The van der Waals surface area contributed by atoms with Gasteiger partial charge in [0.15, 0.2) is 5.13 Å². The number of hydrogen-bond acceptors (Lipinski definition) is 4. The number of nitrogens with zero attached hydrogens (tertiary/aromatic N) is 1. The molecule has 6 heteroatoms. The molecule has 0 radical (unpaired) electrons. The molecule has 0 bridgehead atoms. The molecule has 0 saturated carbocycles. The number of carbonyl (C=O) groups excluding carboxylic acids is 1. The summed E-state index contributed by atoms with van der Waals surface area (Å²) in [5, 5.41) is 7.49. The van der Waals surface area contributed by atoms with Crippen LogP contribution < -0.4 is 10.6 Å². The van der Waals surface area contributed by atoms with E-state index in [4.69, 9.17) is 4.98 Å². The quantitative estimate of drug-likeness (QED) is 0.289. The third kappa shape index (κ3) is 4.24. The van der Waals surface area contributed by atoms with E-state index >= 15 is 0 Å². The first kappa shape index (κ1) is 22.0. The Balaban J connectivity index is 1.94. The Bertz CT molecular complexity index is 1370. The second-order valence-electron chi connectivity index (χ2n) is 7.27. The van der Waals surface area contributed by atoms with E-state index in [2.05, 4.69) is 72.7 Å². The highest BCUT2D eigenvalue weighted by atomic mass is 32.1. The average molecular weight is 460 g/mol. The maximum Gasteiger partial charge on any atom is 0.321 e. The summed E-state index contributed by atoms with van der Waals surface area (Å²) in [7, 11) is 0. The number of thiazole rings is 1. The molecule has 4 nitrogen and oxygen atoms in total. The normalized spacial score (nSPS) is 12.0. The van der Waals surface area contributed by atoms with Crippen LogP contribution in [0.2, 0.25) is 0 Å². The fourth-order valence-corrected chi connectivity index (χ4v) is 5.94. The smallest absolute Gasteiger partial charge is 0.321 e. The van der Waals surface area contributed by atoms with Crippen LogP contribution in [0.1, 0.15) is 25.0 Å². The molecule has 0 unspecified atom stereocenters. The SMILES string of the molecule is C=CC=CC(=CC)c1cc(-c2sc3ccccc3c2C)c2sc(NC(=O)NCC)nc2c1. The largest absolute Gasteiger partial charge is 0.338 e. The number of nitrogens with one attached hydrogen (secondary N) is 2. The topological polar surface area (TPSA) is 54.0 Å². The Labute approximate surface area is 196 Å². The Kier molecular flexibility index (Phi) is 6.53. The van der Waals surface area contributed by atoms with Gasteiger partial charge < -0.3 is 5.32 Å². The van der Waals surface area contributed by atoms with E-state index in [-0.39, 0.29) is 6.03 Å². The molecule has 0 fully saturated rings. The highest BCUT2D eigenvalue weighted by Crippen LogP contribution is 2.44. The summed E-state index contributed by atoms with van der Waals surface area (Å²) in [6, 6.07) is 12.6. The monoisotopic (exact) mass is 459 g/mol. The Morgan fingerprint density at radius 2 is 2.03 bits per heavy atom. The van der Waals surface area contributed by atoms with Crippen molar-refractivity contribution in [2.45, 2.75) is 20.8 Å². The van der Waals surface area contributed by atoms with Crippen LogP contribution in [0.15, 0.2) is 67.3 Å². The lowest BCUT2D eigenvalue weighted by Gasteiger charge is -2.08. The van der Waals surface area contributed by atoms with E-state index in [1.165, 1.54) is 31.9 Å². The molecular formula is C26H25N3OS2. The molecule has 0 spiro atoms. The average Bonchev–Trinajstić information content (AvgIpc) is 3.34. The predicted molar refractivity (Wildman–Crippen MR) is 141 cm³/mol. The van der Waals surface area contributed by atoms with Gasteiger partial charge in [-0.25, -0.2) is 9.78 Å². The van der Waals surface area contributed by atoms with Gasteiger partial charge in [-0.05, 0) is 61.1 Å². The molecule has 4 rings (SSSR count). The van der Waals surface area contributed by atoms with E-state index in [0.717, 1.165) is 26.9 Å². The van der Waals surface area contributed by atoms with Crippen molar-refractivity contribution in [2.24, 2.45) is 0 Å². The minimum atomic E-state index is -0.241. The number of anilines is 1. The molecule has 0 saturated heterocycles. The molecular weight excluding hydrogens is 434 g/mol. The molecule has 2 heterocycles. The third-order valence-electron chi connectivity index (χ3n) is 5.19. The van der Waals surface area contributed by atoms with Gasteiger partial charge in [-0.1, -0.05) is 60.4 Å². The van der Waals surface area contributed by atoms with Gasteiger partial charge in [-0.2, -0.15) is 0 Å². The van der Waals surface area contributed by atoms with Crippen LogP contribution in [0.5, 0.6) is 0 Å². The number of allylic oxidation sites excluding steroid dienone is 5. The Morgan fingerprint density at radius 1 is 1.22 bits per heavy atom. The van der Waals surface area contributed by atoms with Gasteiger partial charge in [-0.15, -0.1) is 11.3 Å². The highest BCUT2D eigenvalue weighted by Gasteiger charge is 2.18. The van der Waals surface area contributed by atoms with Gasteiger partial charge in [0.05, 0.1) is 10.2 Å². The second kappa shape index (κ2) is 9.51. The van der Waals surface area contributed by atoms with Crippen LogP contribution in [0.3, 0.4) is 0 Å². The molecule has 2 aromatic heterocycles. The summed E-state index contributed by atoms with van der Waals surface area (Å²) in [4.78, 5) is 18.0. The molecule has 0 aliphatic heterocycles. The van der Waals surface area contributed by atoms with Gasteiger partial charge in [0, 0.05) is 21.7 Å². The van der Waals surface area contributed by atoms with Gasteiger partial charge in [0.25, 0.3) is 0 Å². The van der Waals surface area contributed by atoms with Crippen LogP contribution in [0.4, 0.5) is 9.93 Å². The number of carbonyl (C=O) groups is 1. The first-order chi connectivity index (χ1) is 15.5. The number of benzene rings is 2. The summed E-state index contributed by atoms with van der Waals surface area (Å²) < 4.78 is 2.33. The van der Waals surface area contributed by atoms with Crippen LogP contribution in [0.25, 0.3) is 36.3 Å². The maximum absolute atomic E-state index is 12.1. The zero-order valence-corrected chi connectivity index (χ0v) is 20.0. The number of fused-ring (bicyclic) bond motifs is 2. The predicted octanol–water partition coefficient (Wildman–Crippen LogP) is 7.77. The van der Waals surface area contributed by atoms with Crippen LogP contribution in [-0.4, -0.2) is 17.6 Å². The third-order valence-corrected chi connectivity index (χ3v) is 7.52. The Morgan fingerprint density at radius 3 is 2.75 bits per heavy atom. The van der Waals surface area contributed by atoms with Crippen molar-refractivity contribution in [1.29, 1.82) is 0 Å². The summed E-state index contributed by atoms with van der Waals surface area (Å²) in [5.74, 6) is 0. The van der Waals surface area contributed by atoms with Crippen molar-refractivity contribution < 1.29 is 4.79 Å². The number of rotatable bonds is 6. The van der Waals surface area contributed by atoms with Crippen molar-refractivity contribution in [3.8, 4) is 10.4 Å². The number of aromatic nitrogens is 1. The molecule has 0 aliphatic carbocycles. The second-order valence-corrected chi connectivity index (χ2v) is 9.32. The van der Waals surface area contributed by atoms with Gasteiger partial charge in [-0.3, -0.25) is 5.32 Å². The number of thiophene rings is 1. The maximum atomic E-state index is 12.1. The lowest BCUT2D eigenvalue weighted by molar-refractivity contribution is 0.252. The van der Waals surface area contributed by atoms with E-state index < -0.39 is 0 Å². The van der Waals surface area contributed by atoms with Crippen molar-refractivity contribution in [3.63, 3.8) is 0 Å². The first-order valence-corrected chi connectivity index (χ1v) is 12.1. The van der Waals surface area contributed by atoms with Gasteiger partial charge in [0.1, 0.15) is 0 Å². The van der Waals surface area contributed by atoms with E-state index in [9.17, 15) is 4.79 Å². The minimum absolute atomic E-state index is 0.241. The summed E-state index contributed by atoms with van der Waals surface area (Å²) in [6.45, 7) is 10.4. The van der Waals surface area contributed by atoms with Crippen molar-refractivity contribution in [1.82, 2.24) is 10.3 Å². The molecule has 2 amide bonds. The number of hydrogen-bond donors (Lipinski definition) is 2. The molecule has 32 heavy (non-hydrogen) atoms. The fraction of sp³-hybridized carbons (Fsp3) is 0.154. The van der Waals surface area contributed by atoms with E-state index in [1.807, 2.05) is 19.9 Å². The summed E-state index contributed by atoms with van der Waals surface area (Å²) in [5.41, 5.74) is 5.46. The molecule has 2 aromatic carbocycles. The number of aryl methyl sites for hydroxylation is 1. The number of urea groups is 1. The van der Waals surface area contributed by atoms with Crippen LogP contribution >= 0.6 is 22.7 Å². The van der Waals surface area contributed by atoms with Crippen molar-refractivity contribution >= 4 is 59.7 Å². The molecule has 4 aromatic rings. The Hall–Kier alpha value is -3.22. The molecule has 0 atom stereocenters. The van der Waals surface area contributed by atoms with E-state index in [1.54, 1.807) is 17.4 Å². The minimum Gasteiger partial charge on any atom is -0.338 e. The summed E-state index contributed by atoms with van der Waals surface area (Å²) >= 11 is 3.30. The zero-order valence-electron chi connectivity index (χ0n) is 18.4. The lowest BCUT2D eigenvalue weighted by atomic mass is 9.99. The molecule has 0 aliphatic rings. The van der Waals surface area contributed by atoms with E-state index in [0.29, 0.717) is 11.7 Å². The molecule has 2 N–H and O–H groups in total. The standard InChI is InChI=1S/C26H25N3OS2/c1-5-8-11-17(6-2)18-14-20(23-16(4)19-12-9-10-13-22(19)31-23)24-21(15-18)28-26(32-24)29-25(30)27-7-3/h5-6,8-15H,1,7H2,2-4H3,(H2,27,28,29,30). The lowest BCUT2D eigenvalue weighted by Crippen LogP contribution is -2.28. The van der Waals surface area contributed by atoms with Crippen molar-refractivity contribution in [2.75, 3.05) is 11.9 Å². The van der Waals surface area contributed by atoms with Gasteiger partial charge in [0.2, 0.25) is 0 Å². The van der Waals surface area contributed by atoms with Crippen LogP contribution in [-0.2, 0) is 0 Å². The highest BCUT2D eigenvalue weighted by molar-refractivity contribution is 7.25. The fourth-order valence-electron chi connectivity index (χ4n) is 3.69. The van der Waals surface area contributed by atoms with Gasteiger partial charge >= 0.3 is 6.03 Å². The first-order valence-electron chi connectivity index (χ1n) is 10.5. The zero-order chi connectivity index (χ0) is 22.7. The summed E-state index contributed by atoms with van der Waals surface area (Å²) in [6.07, 6.45) is 7.85. The molecule has 162 valence electrons. The van der Waals surface area contributed by atoms with Crippen LogP contribution in [0, 0.1) is 6.92 Å². The number of amides is 2. The van der Waals surface area contributed by atoms with Crippen molar-refractivity contribution in [3.05, 3.63) is 78.4 Å².